The van der Waals surface area contributed by atoms with Crippen LogP contribution in [0.1, 0.15) is 29.8 Å². The average Bonchev–Trinajstić information content (AvgIpc) is 3.17. The van der Waals surface area contributed by atoms with Crippen molar-refractivity contribution in [1.29, 1.82) is 0 Å². The van der Waals surface area contributed by atoms with Crippen LogP contribution < -0.4 is 4.74 Å². The van der Waals surface area contributed by atoms with Crippen molar-refractivity contribution in [2.75, 3.05) is 46.1 Å². The van der Waals surface area contributed by atoms with E-state index in [1.807, 2.05) is 36.1 Å². The highest BCUT2D eigenvalue weighted by molar-refractivity contribution is 5.87. The quantitative estimate of drug-likeness (QED) is 0.514. The molecule has 3 aliphatic rings. The summed E-state index contributed by atoms with van der Waals surface area (Å²) >= 11 is 0. The minimum absolute atomic E-state index is 0.0683. The van der Waals surface area contributed by atoms with Gasteiger partial charge in [0.1, 0.15) is 30.0 Å². The van der Waals surface area contributed by atoms with Crippen LogP contribution in [-0.2, 0) is 16.0 Å². The molecule has 2 aromatic carbocycles. The number of nitrogens with one attached hydrogen (secondary N) is 1. The van der Waals surface area contributed by atoms with Crippen molar-refractivity contribution in [3.05, 3.63) is 64.9 Å². The van der Waals surface area contributed by atoms with E-state index in [2.05, 4.69) is 4.98 Å². The molecule has 196 valence electrons. The van der Waals surface area contributed by atoms with Gasteiger partial charge in [-0.25, -0.2) is 8.78 Å². The smallest absolute Gasteiger partial charge is 0.231 e. The summed E-state index contributed by atoms with van der Waals surface area (Å²) < 4.78 is 54.9. The van der Waals surface area contributed by atoms with Gasteiger partial charge in [-0.2, -0.15) is 0 Å². The Morgan fingerprint density at radius 2 is 1.89 bits per heavy atom. The molecule has 0 bridgehead atoms. The predicted molar refractivity (Wildman–Crippen MR) is 132 cm³/mol. The van der Waals surface area contributed by atoms with E-state index < -0.39 is 17.7 Å². The van der Waals surface area contributed by atoms with E-state index in [0.29, 0.717) is 45.0 Å². The molecule has 1 N–H and O–H groups in total. The first-order valence-corrected chi connectivity index (χ1v) is 12.8. The molecule has 6 rings (SSSR count). The number of ether oxygens (including phenoxy) is 2. The lowest BCUT2D eigenvalue weighted by atomic mass is 9.86. The van der Waals surface area contributed by atoms with Gasteiger partial charge in [-0.15, -0.1) is 0 Å². The standard InChI is InChI=1S/C28H30F3N3O3/c1-16-8-21-20-4-2-3-5-24(20)32-26(21)27(34(16)28(35)18-14-36-15-18)25-22(30)9-19(10-23(25)31)37-7-6-33-12-17(11-29)13-33/h2-5,9-10,16-18,27,32H,6-8,11-15H2,1H3/t16-,27-/m1/s1. The van der Waals surface area contributed by atoms with Crippen LogP contribution >= 0.6 is 0 Å². The van der Waals surface area contributed by atoms with Gasteiger partial charge in [0.2, 0.25) is 5.91 Å². The number of aromatic amines is 1. The molecule has 3 aromatic rings. The molecule has 0 radical (unpaired) electrons. The molecule has 2 atom stereocenters. The largest absolute Gasteiger partial charge is 0.492 e. The maximum atomic E-state index is 15.7. The second kappa shape index (κ2) is 9.68. The van der Waals surface area contributed by atoms with E-state index in [0.717, 1.165) is 16.5 Å². The number of hydrogen-bond donors (Lipinski definition) is 1. The fourth-order valence-electron chi connectivity index (χ4n) is 5.83. The second-order valence-electron chi connectivity index (χ2n) is 10.4. The third kappa shape index (κ3) is 4.28. The molecule has 4 heterocycles. The van der Waals surface area contributed by atoms with Gasteiger partial charge in [-0.05, 0) is 25.0 Å². The lowest BCUT2D eigenvalue weighted by Gasteiger charge is -2.44. The Morgan fingerprint density at radius 3 is 2.57 bits per heavy atom. The number of carbonyl (C=O) groups is 1. The molecular weight excluding hydrogens is 483 g/mol. The lowest BCUT2D eigenvalue weighted by Crippen LogP contribution is -2.52. The molecule has 1 aromatic heterocycles. The van der Waals surface area contributed by atoms with Gasteiger partial charge in [0.05, 0.1) is 31.4 Å². The van der Waals surface area contributed by atoms with Gasteiger partial charge >= 0.3 is 0 Å². The van der Waals surface area contributed by atoms with Gasteiger partial charge in [-0.1, -0.05) is 18.2 Å². The van der Waals surface area contributed by atoms with Crippen molar-refractivity contribution >= 4 is 16.8 Å². The van der Waals surface area contributed by atoms with Gasteiger partial charge in [0, 0.05) is 60.3 Å². The summed E-state index contributed by atoms with van der Waals surface area (Å²) in [6.45, 7) is 4.37. The number of alkyl halides is 1. The number of aromatic nitrogens is 1. The van der Waals surface area contributed by atoms with Gasteiger partial charge in [0.15, 0.2) is 0 Å². The Kier molecular flexibility index (Phi) is 6.36. The summed E-state index contributed by atoms with van der Waals surface area (Å²) in [4.78, 5) is 20.5. The zero-order valence-corrected chi connectivity index (χ0v) is 20.7. The molecular formula is C28H30F3N3O3. The van der Waals surface area contributed by atoms with Gasteiger partial charge in [0.25, 0.3) is 0 Å². The topological polar surface area (TPSA) is 57.8 Å². The summed E-state index contributed by atoms with van der Waals surface area (Å²) in [5.41, 5.74) is 2.31. The highest BCUT2D eigenvalue weighted by Gasteiger charge is 2.44. The minimum atomic E-state index is -0.938. The number of benzene rings is 2. The van der Waals surface area contributed by atoms with Crippen molar-refractivity contribution < 1.29 is 27.4 Å². The number of nitrogens with zero attached hydrogens (tertiary/aromatic N) is 2. The molecule has 0 unspecified atom stereocenters. The molecule has 2 fully saturated rings. The van der Waals surface area contributed by atoms with Gasteiger partial charge in [-0.3, -0.25) is 14.1 Å². The molecule has 37 heavy (non-hydrogen) atoms. The van der Waals surface area contributed by atoms with Gasteiger partial charge < -0.3 is 19.4 Å². The van der Waals surface area contributed by atoms with Crippen LogP contribution in [0.2, 0.25) is 0 Å². The molecule has 9 heteroatoms. The highest BCUT2D eigenvalue weighted by atomic mass is 19.1. The number of likely N-dealkylation sites (tertiary alicyclic amines) is 1. The zero-order chi connectivity index (χ0) is 25.7. The van der Waals surface area contributed by atoms with Crippen LogP contribution in [0, 0.1) is 23.5 Å². The molecule has 3 aliphatic heterocycles. The number of carbonyl (C=O) groups excluding carboxylic acids is 1. The van der Waals surface area contributed by atoms with Crippen LogP contribution in [0.4, 0.5) is 13.2 Å². The summed E-state index contributed by atoms with van der Waals surface area (Å²) in [7, 11) is 0. The molecule has 6 nitrogen and oxygen atoms in total. The van der Waals surface area contributed by atoms with E-state index >= 15 is 8.78 Å². The number of rotatable bonds is 7. The van der Waals surface area contributed by atoms with Crippen LogP contribution in [0.25, 0.3) is 10.9 Å². The maximum Gasteiger partial charge on any atom is 0.231 e. The first-order chi connectivity index (χ1) is 17.9. The van der Waals surface area contributed by atoms with E-state index in [-0.39, 0.29) is 48.4 Å². The van der Waals surface area contributed by atoms with Crippen molar-refractivity contribution in [3.8, 4) is 5.75 Å². The molecule has 0 aliphatic carbocycles. The van der Waals surface area contributed by atoms with Crippen LogP contribution in [0.15, 0.2) is 36.4 Å². The number of para-hydroxylation sites is 1. The molecule has 0 spiro atoms. The molecule has 1 amide bonds. The maximum absolute atomic E-state index is 15.7. The highest BCUT2D eigenvalue weighted by Crippen LogP contribution is 2.44. The Morgan fingerprint density at radius 1 is 1.16 bits per heavy atom. The predicted octanol–water partition coefficient (Wildman–Crippen LogP) is 4.24. The summed E-state index contributed by atoms with van der Waals surface area (Å²) in [5.74, 6) is -1.84. The lowest BCUT2D eigenvalue weighted by molar-refractivity contribution is -0.154. The Hall–Kier alpha value is -3.04. The SMILES string of the molecule is C[C@@H]1Cc2c([nH]c3ccccc23)[C@@H](c2c(F)cc(OCCN3CC(CF)C3)cc2F)N1C(=O)C1COC1. The number of hydrogen-bond acceptors (Lipinski definition) is 4. The normalized spacial score (nSPS) is 22.5. The number of fused-ring (bicyclic) bond motifs is 3. The fraction of sp³-hybridized carbons (Fsp3) is 0.464. The number of amides is 1. The molecule has 0 saturated carbocycles. The fourth-order valence-corrected chi connectivity index (χ4v) is 5.83. The Labute approximate surface area is 213 Å². The summed E-state index contributed by atoms with van der Waals surface area (Å²) in [6, 6.07) is 8.94. The van der Waals surface area contributed by atoms with E-state index in [9.17, 15) is 9.18 Å². The Bertz CT molecular complexity index is 1300. The Balaban J connectivity index is 1.33. The van der Waals surface area contributed by atoms with Crippen molar-refractivity contribution in [2.24, 2.45) is 11.8 Å². The first kappa shape index (κ1) is 24.3. The first-order valence-electron chi connectivity index (χ1n) is 12.8. The van der Waals surface area contributed by atoms with Crippen molar-refractivity contribution in [1.82, 2.24) is 14.8 Å². The van der Waals surface area contributed by atoms with Crippen LogP contribution in [-0.4, -0.2) is 72.9 Å². The molecule has 2 saturated heterocycles. The third-order valence-electron chi connectivity index (χ3n) is 7.87. The second-order valence-corrected chi connectivity index (χ2v) is 10.4. The summed E-state index contributed by atoms with van der Waals surface area (Å²) in [5, 5.41) is 0.996. The van der Waals surface area contributed by atoms with Crippen LogP contribution in [0.5, 0.6) is 5.75 Å². The van der Waals surface area contributed by atoms with E-state index in [1.165, 1.54) is 12.1 Å². The summed E-state index contributed by atoms with van der Waals surface area (Å²) in [6.07, 6.45) is 0.583. The zero-order valence-electron chi connectivity index (χ0n) is 20.7. The van der Waals surface area contributed by atoms with Crippen LogP contribution in [0.3, 0.4) is 0 Å². The van der Waals surface area contributed by atoms with Crippen molar-refractivity contribution in [2.45, 2.75) is 25.4 Å². The number of H-pyrrole nitrogens is 1. The average molecular weight is 514 g/mol. The number of halogens is 3. The van der Waals surface area contributed by atoms with E-state index in [4.69, 9.17) is 9.47 Å². The van der Waals surface area contributed by atoms with E-state index in [1.54, 1.807) is 4.90 Å². The van der Waals surface area contributed by atoms with Crippen molar-refractivity contribution in [3.63, 3.8) is 0 Å². The third-order valence-corrected chi connectivity index (χ3v) is 7.87. The monoisotopic (exact) mass is 513 g/mol. The minimum Gasteiger partial charge on any atom is -0.492 e.